The number of morpholine rings is 1. The van der Waals surface area contributed by atoms with E-state index in [-0.39, 0.29) is 22.5 Å². The van der Waals surface area contributed by atoms with Gasteiger partial charge in [-0.25, -0.2) is 0 Å². The van der Waals surface area contributed by atoms with E-state index in [1.807, 2.05) is 6.07 Å². The summed E-state index contributed by atoms with van der Waals surface area (Å²) in [6, 6.07) is 20.9. The van der Waals surface area contributed by atoms with E-state index in [1.54, 1.807) is 5.57 Å². The molecule has 1 heterocycles. The van der Waals surface area contributed by atoms with Crippen molar-refractivity contribution in [3.05, 3.63) is 83.4 Å². The predicted molar refractivity (Wildman–Crippen MR) is 203 cm³/mol. The summed E-state index contributed by atoms with van der Waals surface area (Å²) in [6.45, 7) is 21.0. The number of esters is 1. The van der Waals surface area contributed by atoms with Crippen LogP contribution in [0.3, 0.4) is 0 Å². The average Bonchev–Trinajstić information content (AvgIpc) is 3.41. The summed E-state index contributed by atoms with van der Waals surface area (Å²) in [5.41, 5.74) is 4.15. The number of cyclic esters (lactones) is 1. The van der Waals surface area contributed by atoms with E-state index in [4.69, 9.17) is 9.16 Å². The zero-order valence-electron chi connectivity index (χ0n) is 31.8. The summed E-state index contributed by atoms with van der Waals surface area (Å²) in [4.78, 5) is 16.6. The number of rotatable bonds is 7. The Morgan fingerprint density at radius 3 is 2.22 bits per heavy atom. The molecule has 1 saturated heterocycles. The average molecular weight is 682 g/mol. The van der Waals surface area contributed by atoms with E-state index in [0.717, 1.165) is 37.8 Å². The van der Waals surface area contributed by atoms with Gasteiger partial charge in [-0.15, -0.1) is 0 Å². The predicted octanol–water partition coefficient (Wildman–Crippen LogP) is 10.4. The van der Waals surface area contributed by atoms with E-state index in [9.17, 15) is 4.79 Å². The molecule has 0 bridgehead atoms. The number of nitrogens with zero attached hydrogens (tertiary/aromatic N) is 1. The normalized spacial score (nSPS) is 38.2. The highest BCUT2D eigenvalue weighted by atomic mass is 28.4. The largest absolute Gasteiger partial charge is 0.457 e. The monoisotopic (exact) mass is 681 g/mol. The Morgan fingerprint density at radius 1 is 0.878 bits per heavy atom. The van der Waals surface area contributed by atoms with Gasteiger partial charge in [-0.2, -0.15) is 0 Å². The van der Waals surface area contributed by atoms with Crippen LogP contribution in [0, 0.1) is 34.5 Å². The standard InChI is InChI=1S/C44H63NO3Si/c1-41(2,3)49(7,8)48-34-23-25-42(4)33(28-34)19-20-35-36-21-22-39(43(36,5)26-24-37(35)42)44(6)30-45(29-32-17-13-10-14-18-32)38(40(46)47-44)27-31-15-11-9-12-16-31/h9-19,34-39H,20-30H2,1-8H3/t34?,35-,36-,37+,38+,39?,42-,43-,44-/m0/s1. The molecule has 49 heavy (non-hydrogen) atoms. The fraction of sp³-hybridized carbons (Fsp3) is 0.659. The molecule has 0 aromatic heterocycles. The zero-order valence-corrected chi connectivity index (χ0v) is 32.8. The Hall–Kier alpha value is -2.21. The number of fused-ring (bicyclic) bond motifs is 5. The lowest BCUT2D eigenvalue weighted by Gasteiger charge is -2.60. The molecule has 4 aliphatic carbocycles. The summed E-state index contributed by atoms with van der Waals surface area (Å²) in [7, 11) is -1.79. The van der Waals surface area contributed by atoms with Gasteiger partial charge in [0, 0.05) is 25.1 Å². The van der Waals surface area contributed by atoms with Crippen LogP contribution in [-0.4, -0.2) is 43.5 Å². The molecule has 0 radical (unpaired) electrons. The van der Waals surface area contributed by atoms with Gasteiger partial charge in [-0.3, -0.25) is 9.69 Å². The minimum atomic E-state index is -1.79. The Balaban J connectivity index is 1.10. The number of hydrogen-bond acceptors (Lipinski definition) is 4. The van der Waals surface area contributed by atoms with Crippen LogP contribution in [0.5, 0.6) is 0 Å². The van der Waals surface area contributed by atoms with E-state index in [0.29, 0.717) is 29.8 Å². The van der Waals surface area contributed by atoms with Gasteiger partial charge >= 0.3 is 5.97 Å². The molecular formula is C44H63NO3Si. The maximum Gasteiger partial charge on any atom is 0.324 e. The minimum absolute atomic E-state index is 0.0382. The van der Waals surface area contributed by atoms with Crippen LogP contribution in [-0.2, 0) is 26.9 Å². The Kier molecular flexibility index (Phi) is 9.18. The molecule has 9 atom stereocenters. The van der Waals surface area contributed by atoms with E-state index in [1.165, 1.54) is 49.7 Å². The molecular weight excluding hydrogens is 619 g/mol. The molecule has 266 valence electrons. The minimum Gasteiger partial charge on any atom is -0.457 e. The van der Waals surface area contributed by atoms with E-state index in [2.05, 4.69) is 120 Å². The van der Waals surface area contributed by atoms with Crippen LogP contribution < -0.4 is 0 Å². The number of hydrogen-bond donors (Lipinski definition) is 0. The SMILES string of the molecule is CC(C)(C)[Si](C)(C)OC1CC[C@@]2(C)C(=CC[C@@H]3[C@H]2CC[C@]2(C)C([C@]4(C)CN(Cc5ccccc5)[C@H](Cc5ccccc5)C(=O)O4)CC[C@@H]32)C1. The van der Waals surface area contributed by atoms with Crippen LogP contribution >= 0.6 is 0 Å². The Morgan fingerprint density at radius 2 is 1.55 bits per heavy atom. The summed E-state index contributed by atoms with van der Waals surface area (Å²) in [5.74, 6) is 2.50. The van der Waals surface area contributed by atoms with Crippen molar-refractivity contribution in [3.8, 4) is 0 Å². The maximum atomic E-state index is 14.2. The number of allylic oxidation sites excluding steroid dienone is 1. The topological polar surface area (TPSA) is 38.8 Å². The number of carbonyl (C=O) groups excluding carboxylic acids is 1. The summed E-state index contributed by atoms with van der Waals surface area (Å²) >= 11 is 0. The molecule has 1 aliphatic heterocycles. The molecule has 4 nitrogen and oxygen atoms in total. The fourth-order valence-corrected chi connectivity index (χ4v) is 12.9. The van der Waals surface area contributed by atoms with Gasteiger partial charge in [0.1, 0.15) is 11.6 Å². The van der Waals surface area contributed by atoms with Crippen LogP contribution in [0.25, 0.3) is 0 Å². The first-order valence-corrected chi connectivity index (χ1v) is 22.5. The molecule has 2 unspecified atom stereocenters. The highest BCUT2D eigenvalue weighted by Gasteiger charge is 2.63. The third-order valence-corrected chi connectivity index (χ3v) is 19.7. The van der Waals surface area contributed by atoms with Crippen LogP contribution in [0.4, 0.5) is 0 Å². The molecule has 7 rings (SSSR count). The first kappa shape index (κ1) is 35.2. The van der Waals surface area contributed by atoms with Crippen molar-refractivity contribution < 1.29 is 14.0 Å². The van der Waals surface area contributed by atoms with Gasteiger partial charge in [0.15, 0.2) is 8.32 Å². The molecule has 5 heteroatoms. The first-order valence-electron chi connectivity index (χ1n) is 19.6. The molecule has 5 aliphatic rings. The van der Waals surface area contributed by atoms with Crippen LogP contribution in [0.2, 0.25) is 18.1 Å². The van der Waals surface area contributed by atoms with Gasteiger partial charge in [-0.1, -0.05) is 107 Å². The van der Waals surface area contributed by atoms with Crippen LogP contribution in [0.1, 0.15) is 104 Å². The third kappa shape index (κ3) is 6.33. The smallest absolute Gasteiger partial charge is 0.324 e. The molecule has 0 amide bonds. The zero-order chi connectivity index (χ0) is 34.8. The fourth-order valence-electron chi connectivity index (χ4n) is 11.5. The van der Waals surface area contributed by atoms with E-state index >= 15 is 0 Å². The van der Waals surface area contributed by atoms with Gasteiger partial charge < -0.3 is 9.16 Å². The van der Waals surface area contributed by atoms with Crippen molar-refractivity contribution in [3.63, 3.8) is 0 Å². The lowest BCUT2D eigenvalue weighted by atomic mass is 9.46. The van der Waals surface area contributed by atoms with Crippen molar-refractivity contribution in [1.82, 2.24) is 4.90 Å². The molecule has 0 N–H and O–H groups in total. The van der Waals surface area contributed by atoms with Crippen LogP contribution in [0.15, 0.2) is 72.3 Å². The Bertz CT molecular complexity index is 1530. The Labute approximate surface area is 298 Å². The third-order valence-electron chi connectivity index (χ3n) is 15.1. The van der Waals surface area contributed by atoms with Gasteiger partial charge in [0.2, 0.25) is 0 Å². The second kappa shape index (κ2) is 12.8. The molecule has 4 fully saturated rings. The van der Waals surface area contributed by atoms with Crippen molar-refractivity contribution in [2.75, 3.05) is 6.54 Å². The van der Waals surface area contributed by atoms with E-state index < -0.39 is 13.9 Å². The van der Waals surface area contributed by atoms with Crippen molar-refractivity contribution in [1.29, 1.82) is 0 Å². The quantitative estimate of drug-likeness (QED) is 0.166. The van der Waals surface area contributed by atoms with Crippen molar-refractivity contribution >= 4 is 14.3 Å². The lowest BCUT2D eigenvalue weighted by molar-refractivity contribution is -0.200. The van der Waals surface area contributed by atoms with Gasteiger partial charge in [0.25, 0.3) is 0 Å². The van der Waals surface area contributed by atoms with Crippen molar-refractivity contribution in [2.24, 2.45) is 34.5 Å². The summed E-state index contributed by atoms with van der Waals surface area (Å²) in [5, 5.41) is 0.247. The highest BCUT2D eigenvalue weighted by molar-refractivity contribution is 6.74. The second-order valence-corrected chi connectivity index (χ2v) is 23.8. The molecule has 0 spiro atoms. The molecule has 3 saturated carbocycles. The highest BCUT2D eigenvalue weighted by Crippen LogP contribution is 2.68. The number of carbonyl (C=O) groups is 1. The maximum absolute atomic E-state index is 14.2. The van der Waals surface area contributed by atoms with Crippen molar-refractivity contribution in [2.45, 2.75) is 142 Å². The molecule has 2 aromatic carbocycles. The first-order chi connectivity index (χ1) is 23.1. The molecule has 2 aromatic rings. The van der Waals surface area contributed by atoms with Gasteiger partial charge in [0.05, 0.1) is 0 Å². The summed E-state index contributed by atoms with van der Waals surface area (Å²) in [6.07, 6.45) is 13.5. The summed E-state index contributed by atoms with van der Waals surface area (Å²) < 4.78 is 13.7. The lowest BCUT2D eigenvalue weighted by Crippen LogP contribution is -2.63. The number of benzene rings is 2. The van der Waals surface area contributed by atoms with Gasteiger partial charge in [-0.05, 0) is 123 Å². The second-order valence-electron chi connectivity index (χ2n) is 19.0. The number of ether oxygens (including phenoxy) is 1.